The minimum Gasteiger partial charge on any atom is -0.446 e. The molecule has 0 amide bonds. The predicted octanol–water partition coefficient (Wildman–Crippen LogP) is 1.58. The second-order valence-corrected chi connectivity index (χ2v) is 7.32. The first-order chi connectivity index (χ1) is 8.35. The molecule has 1 aromatic heterocycles. The molecule has 0 spiro atoms. The summed E-state index contributed by atoms with van der Waals surface area (Å²) in [7, 11) is -3.55. The molecule has 1 fully saturated rings. The Balaban J connectivity index is 2.17. The summed E-state index contributed by atoms with van der Waals surface area (Å²) < 4.78 is 31.1. The van der Waals surface area contributed by atoms with Crippen LogP contribution in [0, 0.1) is 5.41 Å². The lowest BCUT2D eigenvalue weighted by Gasteiger charge is -2.35. The van der Waals surface area contributed by atoms with Crippen molar-refractivity contribution in [2.24, 2.45) is 5.41 Å². The van der Waals surface area contributed by atoms with Crippen molar-refractivity contribution in [1.82, 2.24) is 4.31 Å². The number of rotatable bonds is 3. The molecule has 2 heterocycles. The Hall–Kier alpha value is -0.850. The van der Waals surface area contributed by atoms with Crippen LogP contribution in [0.1, 0.15) is 32.4 Å². The summed E-state index contributed by atoms with van der Waals surface area (Å²) in [5, 5.41) is 8.82. The topological polar surface area (TPSA) is 70.8 Å². The van der Waals surface area contributed by atoms with E-state index < -0.39 is 10.0 Å². The maximum absolute atomic E-state index is 12.3. The van der Waals surface area contributed by atoms with Crippen LogP contribution in [0.5, 0.6) is 0 Å². The van der Waals surface area contributed by atoms with E-state index in [4.69, 9.17) is 9.52 Å². The maximum Gasteiger partial charge on any atom is 0.276 e. The van der Waals surface area contributed by atoms with Crippen molar-refractivity contribution in [1.29, 1.82) is 0 Å². The first-order valence-electron chi connectivity index (χ1n) is 6.05. The molecule has 0 aromatic carbocycles. The zero-order chi connectivity index (χ0) is 13.4. The van der Waals surface area contributed by atoms with Crippen LogP contribution < -0.4 is 0 Å². The van der Waals surface area contributed by atoms with Crippen LogP contribution in [0.4, 0.5) is 0 Å². The van der Waals surface area contributed by atoms with Gasteiger partial charge in [-0.25, -0.2) is 8.42 Å². The number of hydrogen-bond donors (Lipinski definition) is 1. The van der Waals surface area contributed by atoms with E-state index in [-0.39, 0.29) is 22.9 Å². The average Bonchev–Trinajstić information content (AvgIpc) is 2.77. The van der Waals surface area contributed by atoms with E-state index in [1.807, 2.05) is 0 Å². The summed E-state index contributed by atoms with van der Waals surface area (Å²) in [6, 6.07) is 2.89. The lowest BCUT2D eigenvalue weighted by molar-refractivity contribution is 0.192. The number of aliphatic hydroxyl groups excluding tert-OH is 1. The Bertz CT molecular complexity index is 508. The molecular weight excluding hydrogens is 254 g/mol. The highest BCUT2D eigenvalue weighted by Gasteiger charge is 2.34. The summed E-state index contributed by atoms with van der Waals surface area (Å²) >= 11 is 0. The number of nitrogens with zero attached hydrogens (tertiary/aromatic N) is 1. The van der Waals surface area contributed by atoms with E-state index in [2.05, 4.69) is 13.8 Å². The molecule has 102 valence electrons. The van der Waals surface area contributed by atoms with Gasteiger partial charge in [0.2, 0.25) is 5.09 Å². The Kier molecular flexibility index (Phi) is 3.53. The van der Waals surface area contributed by atoms with Gasteiger partial charge in [0.15, 0.2) is 0 Å². The maximum atomic E-state index is 12.3. The van der Waals surface area contributed by atoms with Gasteiger partial charge >= 0.3 is 0 Å². The van der Waals surface area contributed by atoms with Gasteiger partial charge in [-0.1, -0.05) is 13.8 Å². The second kappa shape index (κ2) is 4.68. The molecule has 1 aliphatic rings. The summed E-state index contributed by atoms with van der Waals surface area (Å²) in [5.74, 6) is 0.269. The van der Waals surface area contributed by atoms with E-state index in [9.17, 15) is 8.42 Å². The third kappa shape index (κ3) is 2.60. The molecule has 1 saturated heterocycles. The van der Waals surface area contributed by atoms with Gasteiger partial charge in [0.1, 0.15) is 12.4 Å². The van der Waals surface area contributed by atoms with Crippen molar-refractivity contribution in [2.75, 3.05) is 13.1 Å². The lowest BCUT2D eigenvalue weighted by atomic mass is 9.83. The number of furan rings is 1. The highest BCUT2D eigenvalue weighted by atomic mass is 32.2. The van der Waals surface area contributed by atoms with Gasteiger partial charge in [-0.05, 0) is 30.4 Å². The third-order valence-corrected chi connectivity index (χ3v) is 5.24. The minimum atomic E-state index is -3.55. The Morgan fingerprint density at radius 1 is 1.33 bits per heavy atom. The molecule has 0 atom stereocenters. The van der Waals surface area contributed by atoms with Gasteiger partial charge in [-0.2, -0.15) is 4.31 Å². The molecule has 18 heavy (non-hydrogen) atoms. The first kappa shape index (κ1) is 13.6. The Morgan fingerprint density at radius 2 is 1.94 bits per heavy atom. The molecular formula is C12H19NO4S. The molecule has 0 bridgehead atoms. The second-order valence-electron chi connectivity index (χ2n) is 5.45. The minimum absolute atomic E-state index is 0.0775. The van der Waals surface area contributed by atoms with Crippen LogP contribution in [0.3, 0.4) is 0 Å². The predicted molar refractivity (Wildman–Crippen MR) is 66.4 cm³/mol. The molecule has 0 unspecified atom stereocenters. The SMILES string of the molecule is CC1(C)CCN(S(=O)(=O)c2ccc(CO)o2)CC1. The van der Waals surface area contributed by atoms with Crippen molar-refractivity contribution in [2.45, 2.75) is 38.4 Å². The molecule has 5 nitrogen and oxygen atoms in total. The van der Waals surface area contributed by atoms with E-state index >= 15 is 0 Å². The third-order valence-electron chi connectivity index (χ3n) is 3.46. The lowest BCUT2D eigenvalue weighted by Crippen LogP contribution is -2.40. The molecule has 1 aromatic rings. The fraction of sp³-hybridized carbons (Fsp3) is 0.667. The standard InChI is InChI=1S/C12H19NO4S/c1-12(2)5-7-13(8-6-12)18(15,16)11-4-3-10(9-14)17-11/h3-4,14H,5-9H2,1-2H3. The van der Waals surface area contributed by atoms with Crippen LogP contribution in [0.2, 0.25) is 0 Å². The number of aliphatic hydroxyl groups is 1. The van der Waals surface area contributed by atoms with Crippen molar-refractivity contribution in [3.63, 3.8) is 0 Å². The Labute approximate surface area is 107 Å². The van der Waals surface area contributed by atoms with Crippen molar-refractivity contribution < 1.29 is 17.9 Å². The quantitative estimate of drug-likeness (QED) is 0.907. The van der Waals surface area contributed by atoms with Crippen LogP contribution in [0.15, 0.2) is 21.6 Å². The van der Waals surface area contributed by atoms with Crippen LogP contribution in [-0.2, 0) is 16.6 Å². The fourth-order valence-corrected chi connectivity index (χ4v) is 3.41. The fourth-order valence-electron chi connectivity index (χ4n) is 2.04. The molecule has 0 aliphatic carbocycles. The smallest absolute Gasteiger partial charge is 0.276 e. The molecule has 1 aliphatic heterocycles. The largest absolute Gasteiger partial charge is 0.446 e. The normalized spacial score (nSPS) is 21.1. The highest BCUT2D eigenvalue weighted by molar-refractivity contribution is 7.89. The number of piperidine rings is 1. The summed E-state index contributed by atoms with van der Waals surface area (Å²) in [6.07, 6.45) is 1.69. The van der Waals surface area contributed by atoms with Gasteiger partial charge in [-0.3, -0.25) is 0 Å². The van der Waals surface area contributed by atoms with Crippen LogP contribution >= 0.6 is 0 Å². The molecule has 2 rings (SSSR count). The zero-order valence-corrected chi connectivity index (χ0v) is 11.5. The molecule has 0 radical (unpaired) electrons. The van der Waals surface area contributed by atoms with Gasteiger partial charge in [-0.15, -0.1) is 0 Å². The Morgan fingerprint density at radius 3 is 2.44 bits per heavy atom. The summed E-state index contributed by atoms with van der Waals surface area (Å²) in [5.41, 5.74) is 0.200. The summed E-state index contributed by atoms with van der Waals surface area (Å²) in [6.45, 7) is 5.04. The van der Waals surface area contributed by atoms with Crippen molar-refractivity contribution >= 4 is 10.0 Å². The van der Waals surface area contributed by atoms with E-state index in [0.29, 0.717) is 13.1 Å². The number of sulfonamides is 1. The van der Waals surface area contributed by atoms with Gasteiger partial charge < -0.3 is 9.52 Å². The van der Waals surface area contributed by atoms with E-state index in [0.717, 1.165) is 12.8 Å². The van der Waals surface area contributed by atoms with Crippen molar-refractivity contribution in [3.8, 4) is 0 Å². The molecule has 0 saturated carbocycles. The van der Waals surface area contributed by atoms with Crippen LogP contribution in [0.25, 0.3) is 0 Å². The molecule has 6 heteroatoms. The monoisotopic (exact) mass is 273 g/mol. The first-order valence-corrected chi connectivity index (χ1v) is 7.49. The summed E-state index contributed by atoms with van der Waals surface area (Å²) in [4.78, 5) is 0. The van der Waals surface area contributed by atoms with Gasteiger partial charge in [0.25, 0.3) is 10.0 Å². The van der Waals surface area contributed by atoms with Crippen molar-refractivity contribution in [3.05, 3.63) is 17.9 Å². The van der Waals surface area contributed by atoms with E-state index in [1.54, 1.807) is 0 Å². The number of hydrogen-bond acceptors (Lipinski definition) is 4. The zero-order valence-electron chi connectivity index (χ0n) is 10.7. The highest BCUT2D eigenvalue weighted by Crippen LogP contribution is 2.32. The van der Waals surface area contributed by atoms with Crippen LogP contribution in [-0.4, -0.2) is 30.9 Å². The average molecular weight is 273 g/mol. The van der Waals surface area contributed by atoms with Gasteiger partial charge in [0, 0.05) is 13.1 Å². The van der Waals surface area contributed by atoms with Gasteiger partial charge in [0.05, 0.1) is 0 Å². The molecule has 1 N–H and O–H groups in total. The van der Waals surface area contributed by atoms with E-state index in [1.165, 1.54) is 16.4 Å².